The van der Waals surface area contributed by atoms with Crippen molar-refractivity contribution in [2.75, 3.05) is 0 Å². The molecule has 0 aliphatic heterocycles. The molecule has 2 atom stereocenters. The second kappa shape index (κ2) is 8.53. The van der Waals surface area contributed by atoms with Gasteiger partial charge in [-0.15, -0.1) is 0 Å². The van der Waals surface area contributed by atoms with Gasteiger partial charge in [0.05, 0.1) is 6.10 Å². The van der Waals surface area contributed by atoms with Gasteiger partial charge in [-0.05, 0) is 25.4 Å². The van der Waals surface area contributed by atoms with Gasteiger partial charge in [0.2, 0.25) is 0 Å². The van der Waals surface area contributed by atoms with Crippen molar-refractivity contribution in [3.8, 4) is 0 Å². The topological polar surface area (TPSA) is 35.5 Å². The van der Waals surface area contributed by atoms with Crippen molar-refractivity contribution in [2.45, 2.75) is 58.4 Å². The Labute approximate surface area is 101 Å². The quantitative estimate of drug-likeness (QED) is 0.374. The Morgan fingerprint density at radius 3 is 2.31 bits per heavy atom. The predicted octanol–water partition coefficient (Wildman–Crippen LogP) is 2.66. The molecule has 2 unspecified atom stereocenters. The van der Waals surface area contributed by atoms with E-state index < -0.39 is 9.04 Å². The summed E-state index contributed by atoms with van der Waals surface area (Å²) in [5.74, 6) is -0.367. The molecular formula is C12H24O3Si. The summed E-state index contributed by atoms with van der Waals surface area (Å²) in [7, 11) is -1.09. The molecule has 0 bridgehead atoms. The smallest absolute Gasteiger partial charge is 0.330 e. The van der Waals surface area contributed by atoms with E-state index in [-0.39, 0.29) is 18.2 Å². The zero-order valence-electron chi connectivity index (χ0n) is 10.9. The van der Waals surface area contributed by atoms with Crippen molar-refractivity contribution < 1.29 is 14.0 Å². The second-order valence-electron chi connectivity index (χ2n) is 3.87. The summed E-state index contributed by atoms with van der Waals surface area (Å²) in [5, 5.41) is 0. The third-order valence-electron chi connectivity index (χ3n) is 2.68. The first-order valence-corrected chi connectivity index (χ1v) is 8.17. The van der Waals surface area contributed by atoms with Gasteiger partial charge in [0, 0.05) is 6.08 Å². The Balaban J connectivity index is 4.23. The van der Waals surface area contributed by atoms with Gasteiger partial charge >= 0.3 is 5.97 Å². The number of rotatable bonds is 8. The molecule has 0 saturated carbocycles. The number of carbonyl (C=O) groups excluding carboxylic acids is 1. The van der Waals surface area contributed by atoms with E-state index in [4.69, 9.17) is 9.16 Å². The van der Waals surface area contributed by atoms with Crippen molar-refractivity contribution >= 4 is 15.0 Å². The first-order valence-electron chi connectivity index (χ1n) is 6.07. The van der Waals surface area contributed by atoms with Crippen LogP contribution in [-0.2, 0) is 14.0 Å². The summed E-state index contributed by atoms with van der Waals surface area (Å²) >= 11 is 0. The summed E-state index contributed by atoms with van der Waals surface area (Å²) in [6, 6.07) is 2.24. The molecule has 0 N–H and O–H groups in total. The van der Waals surface area contributed by atoms with E-state index in [2.05, 4.69) is 20.4 Å². The molecule has 0 aromatic rings. The Bertz CT molecular complexity index is 214. The number of hydrogen-bond donors (Lipinski definition) is 0. The van der Waals surface area contributed by atoms with Crippen molar-refractivity contribution in [3.63, 3.8) is 0 Å². The first kappa shape index (κ1) is 15.4. The predicted molar refractivity (Wildman–Crippen MR) is 69.0 cm³/mol. The highest BCUT2D eigenvalue weighted by atomic mass is 28.3. The molecule has 0 fully saturated rings. The van der Waals surface area contributed by atoms with Gasteiger partial charge < -0.3 is 9.16 Å². The summed E-state index contributed by atoms with van der Waals surface area (Å²) < 4.78 is 11.2. The third-order valence-corrected chi connectivity index (χ3v) is 5.31. The van der Waals surface area contributed by atoms with Crippen LogP contribution >= 0.6 is 0 Å². The van der Waals surface area contributed by atoms with Crippen molar-refractivity contribution in [3.05, 3.63) is 12.7 Å². The van der Waals surface area contributed by atoms with Crippen molar-refractivity contribution in [1.29, 1.82) is 0 Å². The maximum absolute atomic E-state index is 11.1. The van der Waals surface area contributed by atoms with Crippen LogP contribution in [0.3, 0.4) is 0 Å². The fourth-order valence-electron chi connectivity index (χ4n) is 1.58. The SMILES string of the molecule is C=CC(=O)OC(CC)C(C)O[SiH](CC)CC. The summed E-state index contributed by atoms with van der Waals surface area (Å²) in [4.78, 5) is 11.1. The highest BCUT2D eigenvalue weighted by Crippen LogP contribution is 2.12. The second-order valence-corrected chi connectivity index (χ2v) is 7.02. The lowest BCUT2D eigenvalue weighted by Gasteiger charge is -2.26. The van der Waals surface area contributed by atoms with Gasteiger partial charge in [-0.3, -0.25) is 0 Å². The van der Waals surface area contributed by atoms with Gasteiger partial charge in [-0.25, -0.2) is 4.79 Å². The molecule has 0 amide bonds. The summed E-state index contributed by atoms with van der Waals surface area (Å²) in [6.07, 6.45) is 1.81. The molecule has 0 heterocycles. The van der Waals surface area contributed by atoms with E-state index in [0.29, 0.717) is 0 Å². The highest BCUT2D eigenvalue weighted by Gasteiger charge is 2.22. The zero-order valence-corrected chi connectivity index (χ0v) is 12.0. The molecule has 0 saturated heterocycles. The lowest BCUT2D eigenvalue weighted by molar-refractivity contribution is -0.147. The minimum Gasteiger partial charge on any atom is -0.457 e. The third kappa shape index (κ3) is 5.46. The van der Waals surface area contributed by atoms with Crippen LogP contribution in [0.4, 0.5) is 0 Å². The molecule has 16 heavy (non-hydrogen) atoms. The minimum atomic E-state index is -1.09. The van der Waals surface area contributed by atoms with Crippen LogP contribution in [0.15, 0.2) is 12.7 Å². The van der Waals surface area contributed by atoms with Gasteiger partial charge in [-0.2, -0.15) is 0 Å². The molecule has 0 radical (unpaired) electrons. The maximum atomic E-state index is 11.1. The van der Waals surface area contributed by atoms with Crippen molar-refractivity contribution in [2.24, 2.45) is 0 Å². The molecule has 94 valence electrons. The number of carbonyl (C=O) groups is 1. The molecule has 0 aromatic heterocycles. The fourth-order valence-corrected chi connectivity index (χ4v) is 3.33. The Hall–Kier alpha value is -0.613. The molecule has 0 aromatic carbocycles. The largest absolute Gasteiger partial charge is 0.457 e. The average Bonchev–Trinajstić information content (AvgIpc) is 2.31. The molecule has 0 aliphatic rings. The lowest BCUT2D eigenvalue weighted by atomic mass is 10.2. The standard InChI is InChI=1S/C12H24O3Si/c1-6-11(14-12(13)7-2)10(5)15-16(8-3)9-4/h7,10-11,16H,2,6,8-9H2,1,3-5H3. The monoisotopic (exact) mass is 244 g/mol. The van der Waals surface area contributed by atoms with Crippen molar-refractivity contribution in [1.82, 2.24) is 0 Å². The van der Waals surface area contributed by atoms with Gasteiger partial charge in [0.25, 0.3) is 0 Å². The Morgan fingerprint density at radius 1 is 1.38 bits per heavy atom. The van der Waals surface area contributed by atoms with Crippen LogP contribution < -0.4 is 0 Å². The molecular weight excluding hydrogens is 220 g/mol. The van der Waals surface area contributed by atoms with Crippen LogP contribution in [0.1, 0.15) is 34.1 Å². The fraction of sp³-hybridized carbons (Fsp3) is 0.750. The van der Waals surface area contributed by atoms with E-state index in [9.17, 15) is 4.79 Å². The molecule has 0 rings (SSSR count). The van der Waals surface area contributed by atoms with E-state index >= 15 is 0 Å². The van der Waals surface area contributed by atoms with Crippen LogP contribution in [0, 0.1) is 0 Å². The molecule has 4 heteroatoms. The zero-order chi connectivity index (χ0) is 12.6. The van der Waals surface area contributed by atoms with Gasteiger partial charge in [0.15, 0.2) is 9.04 Å². The van der Waals surface area contributed by atoms with Crippen LogP contribution in [0.2, 0.25) is 12.1 Å². The Kier molecular flexibility index (Phi) is 8.20. The highest BCUT2D eigenvalue weighted by molar-refractivity contribution is 6.51. The Morgan fingerprint density at radius 2 is 1.94 bits per heavy atom. The number of ether oxygens (including phenoxy) is 1. The maximum Gasteiger partial charge on any atom is 0.330 e. The van der Waals surface area contributed by atoms with E-state index in [1.54, 1.807) is 0 Å². The van der Waals surface area contributed by atoms with Crippen LogP contribution in [-0.4, -0.2) is 27.2 Å². The van der Waals surface area contributed by atoms with E-state index in [1.165, 1.54) is 6.08 Å². The van der Waals surface area contributed by atoms with Gasteiger partial charge in [-0.1, -0.05) is 27.4 Å². The lowest BCUT2D eigenvalue weighted by Crippen LogP contribution is -2.34. The summed E-state index contributed by atoms with van der Waals surface area (Å²) in [6.45, 7) is 11.7. The van der Waals surface area contributed by atoms with Gasteiger partial charge in [0.1, 0.15) is 6.10 Å². The minimum absolute atomic E-state index is 0.00883. The normalized spacial score (nSPS) is 14.6. The van der Waals surface area contributed by atoms with E-state index in [1.807, 2.05) is 13.8 Å². The summed E-state index contributed by atoms with van der Waals surface area (Å²) in [5.41, 5.74) is 0. The van der Waals surface area contributed by atoms with Crippen LogP contribution in [0.25, 0.3) is 0 Å². The molecule has 0 spiro atoms. The van der Waals surface area contributed by atoms with Crippen LogP contribution in [0.5, 0.6) is 0 Å². The molecule has 0 aliphatic carbocycles. The number of esters is 1. The van der Waals surface area contributed by atoms with E-state index in [0.717, 1.165) is 18.5 Å². The first-order chi connectivity index (χ1) is 7.58. The average molecular weight is 244 g/mol. The molecule has 3 nitrogen and oxygen atoms in total. The number of hydrogen-bond acceptors (Lipinski definition) is 3.